The van der Waals surface area contributed by atoms with Crippen molar-refractivity contribution in [3.05, 3.63) is 29.8 Å². The Hall–Kier alpha value is -2.09. The van der Waals surface area contributed by atoms with E-state index in [-0.39, 0.29) is 43.1 Å². The van der Waals surface area contributed by atoms with Gasteiger partial charge in [-0.1, -0.05) is 18.2 Å². The minimum Gasteiger partial charge on any atom is -0.493 e. The monoisotopic (exact) mass is 383 g/mol. The molecule has 0 bridgehead atoms. The van der Waals surface area contributed by atoms with Gasteiger partial charge >= 0.3 is 5.97 Å². The van der Waals surface area contributed by atoms with E-state index in [4.69, 9.17) is 9.47 Å². The highest BCUT2D eigenvalue weighted by atomic mass is 32.2. The molecule has 1 fully saturated rings. The molecule has 0 aliphatic carbocycles. The predicted octanol–water partition coefficient (Wildman–Crippen LogP) is 1.34. The standard InChI is InChI=1S/C18H25NO6S/c1-3-19(15-9-11-26(22,23)13-15)17(20)12-25-18(21)8-10-24-16-7-5-4-6-14(16)2/h4-7,15H,3,8-13H2,1-2H3. The summed E-state index contributed by atoms with van der Waals surface area (Å²) >= 11 is 0. The number of esters is 1. The topological polar surface area (TPSA) is 90.0 Å². The van der Waals surface area contributed by atoms with Gasteiger partial charge in [0.05, 0.1) is 24.5 Å². The molecule has 1 saturated heterocycles. The molecular weight excluding hydrogens is 358 g/mol. The Balaban J connectivity index is 1.74. The third kappa shape index (κ3) is 5.72. The van der Waals surface area contributed by atoms with Crippen molar-refractivity contribution in [2.24, 2.45) is 0 Å². The van der Waals surface area contributed by atoms with Crippen LogP contribution in [0.3, 0.4) is 0 Å². The number of hydrogen-bond donors (Lipinski definition) is 0. The zero-order chi connectivity index (χ0) is 19.2. The van der Waals surface area contributed by atoms with Crippen molar-refractivity contribution in [1.82, 2.24) is 4.90 Å². The number of hydrogen-bond acceptors (Lipinski definition) is 6. The van der Waals surface area contributed by atoms with Gasteiger partial charge < -0.3 is 14.4 Å². The van der Waals surface area contributed by atoms with E-state index in [9.17, 15) is 18.0 Å². The van der Waals surface area contributed by atoms with Gasteiger partial charge in [-0.2, -0.15) is 0 Å². The first-order chi connectivity index (χ1) is 12.3. The minimum atomic E-state index is -3.08. The normalized spacial score (nSPS) is 18.3. The summed E-state index contributed by atoms with van der Waals surface area (Å²) < 4.78 is 33.7. The summed E-state index contributed by atoms with van der Waals surface area (Å²) in [5, 5.41) is 0. The Labute approximate surface area is 154 Å². The van der Waals surface area contributed by atoms with Crippen LogP contribution < -0.4 is 4.74 Å². The second kappa shape index (κ2) is 9.02. The summed E-state index contributed by atoms with van der Waals surface area (Å²) in [6, 6.07) is 7.15. The maximum atomic E-state index is 12.2. The van der Waals surface area contributed by atoms with E-state index in [1.165, 1.54) is 4.90 Å². The Morgan fingerprint density at radius 2 is 2.00 bits per heavy atom. The third-order valence-corrected chi connectivity index (χ3v) is 6.07. The number of carbonyl (C=O) groups excluding carboxylic acids is 2. The molecule has 1 aromatic rings. The molecule has 144 valence electrons. The molecule has 0 aromatic heterocycles. The SMILES string of the molecule is CCN(C(=O)COC(=O)CCOc1ccccc1C)C1CCS(=O)(=O)C1. The average molecular weight is 383 g/mol. The van der Waals surface area contributed by atoms with Crippen LogP contribution in [0, 0.1) is 6.92 Å². The van der Waals surface area contributed by atoms with E-state index in [1.54, 1.807) is 6.92 Å². The second-order valence-corrected chi connectivity index (χ2v) is 8.49. The number of likely N-dealkylation sites (N-methyl/N-ethyl adjacent to an activating group) is 1. The van der Waals surface area contributed by atoms with Crippen LogP contribution in [0.5, 0.6) is 5.75 Å². The summed E-state index contributed by atoms with van der Waals surface area (Å²) in [6.07, 6.45) is 0.464. The molecule has 7 nitrogen and oxygen atoms in total. The van der Waals surface area contributed by atoms with E-state index in [0.717, 1.165) is 5.56 Å². The fourth-order valence-corrected chi connectivity index (χ4v) is 4.65. The van der Waals surface area contributed by atoms with Crippen LogP contribution in [0.2, 0.25) is 0 Å². The highest BCUT2D eigenvalue weighted by Gasteiger charge is 2.34. The number of rotatable bonds is 8. The lowest BCUT2D eigenvalue weighted by molar-refractivity contribution is -0.153. The van der Waals surface area contributed by atoms with Gasteiger partial charge in [-0.15, -0.1) is 0 Å². The second-order valence-electron chi connectivity index (χ2n) is 6.26. The van der Waals surface area contributed by atoms with Gasteiger partial charge in [0.2, 0.25) is 0 Å². The van der Waals surface area contributed by atoms with Crippen molar-refractivity contribution in [3.63, 3.8) is 0 Å². The molecule has 0 saturated carbocycles. The lowest BCUT2D eigenvalue weighted by Gasteiger charge is -2.26. The van der Waals surface area contributed by atoms with Crippen molar-refractivity contribution in [2.75, 3.05) is 31.3 Å². The predicted molar refractivity (Wildman–Crippen MR) is 96.7 cm³/mol. The molecule has 26 heavy (non-hydrogen) atoms. The van der Waals surface area contributed by atoms with Gasteiger partial charge in [0, 0.05) is 12.6 Å². The van der Waals surface area contributed by atoms with Crippen LogP contribution in [0.25, 0.3) is 0 Å². The third-order valence-electron chi connectivity index (χ3n) is 4.32. The zero-order valence-corrected chi connectivity index (χ0v) is 16.0. The summed E-state index contributed by atoms with van der Waals surface area (Å²) in [5.74, 6) is -0.122. The van der Waals surface area contributed by atoms with E-state index in [2.05, 4.69) is 0 Å². The number of amides is 1. The van der Waals surface area contributed by atoms with Gasteiger partial charge in [-0.3, -0.25) is 9.59 Å². The van der Waals surface area contributed by atoms with Crippen molar-refractivity contribution in [1.29, 1.82) is 0 Å². The molecule has 2 rings (SSSR count). The largest absolute Gasteiger partial charge is 0.493 e. The first kappa shape index (κ1) is 20.2. The number of carbonyl (C=O) groups is 2. The molecule has 0 N–H and O–H groups in total. The lowest BCUT2D eigenvalue weighted by Crippen LogP contribution is -2.43. The molecule has 1 aliphatic heterocycles. The number of nitrogens with zero attached hydrogens (tertiary/aromatic N) is 1. The lowest BCUT2D eigenvalue weighted by atomic mass is 10.2. The smallest absolute Gasteiger partial charge is 0.309 e. The van der Waals surface area contributed by atoms with Crippen LogP contribution in [-0.4, -0.2) is 62.5 Å². The van der Waals surface area contributed by atoms with Gasteiger partial charge in [-0.25, -0.2) is 8.42 Å². The molecule has 8 heteroatoms. The number of sulfone groups is 1. The number of para-hydroxylation sites is 1. The molecule has 1 aromatic carbocycles. The Bertz CT molecular complexity index is 746. The Morgan fingerprint density at radius 3 is 2.62 bits per heavy atom. The van der Waals surface area contributed by atoms with E-state index >= 15 is 0 Å². The van der Waals surface area contributed by atoms with Crippen molar-refractivity contribution in [2.45, 2.75) is 32.7 Å². The first-order valence-electron chi connectivity index (χ1n) is 8.66. The van der Waals surface area contributed by atoms with Crippen molar-refractivity contribution >= 4 is 21.7 Å². The van der Waals surface area contributed by atoms with Crippen LogP contribution in [0.15, 0.2) is 24.3 Å². The van der Waals surface area contributed by atoms with Crippen molar-refractivity contribution in [3.8, 4) is 5.75 Å². The Morgan fingerprint density at radius 1 is 1.27 bits per heavy atom. The maximum Gasteiger partial charge on any atom is 0.309 e. The number of ether oxygens (including phenoxy) is 2. The van der Waals surface area contributed by atoms with Crippen molar-refractivity contribution < 1.29 is 27.5 Å². The highest BCUT2D eigenvalue weighted by molar-refractivity contribution is 7.91. The molecule has 1 heterocycles. The average Bonchev–Trinajstić information content (AvgIpc) is 2.95. The van der Waals surface area contributed by atoms with Gasteiger partial charge in [0.25, 0.3) is 5.91 Å². The summed E-state index contributed by atoms with van der Waals surface area (Å²) in [7, 11) is -3.08. The zero-order valence-electron chi connectivity index (χ0n) is 15.1. The number of aryl methyl sites for hydroxylation is 1. The molecular formula is C18H25NO6S. The first-order valence-corrected chi connectivity index (χ1v) is 10.5. The van der Waals surface area contributed by atoms with Gasteiger partial charge in [-0.05, 0) is 31.9 Å². The van der Waals surface area contributed by atoms with E-state index in [1.807, 2.05) is 31.2 Å². The maximum absolute atomic E-state index is 12.2. The quantitative estimate of drug-likeness (QED) is 0.630. The van der Waals surface area contributed by atoms with Crippen LogP contribution >= 0.6 is 0 Å². The highest BCUT2D eigenvalue weighted by Crippen LogP contribution is 2.18. The minimum absolute atomic E-state index is 0.0230. The van der Waals surface area contributed by atoms with E-state index in [0.29, 0.717) is 18.7 Å². The summed E-state index contributed by atoms with van der Waals surface area (Å²) in [4.78, 5) is 25.5. The fourth-order valence-electron chi connectivity index (χ4n) is 2.92. The molecule has 1 amide bonds. The van der Waals surface area contributed by atoms with Gasteiger partial charge in [0.1, 0.15) is 5.75 Å². The summed E-state index contributed by atoms with van der Waals surface area (Å²) in [6.45, 7) is 3.85. The Kier molecular flexibility index (Phi) is 7.02. The molecule has 0 radical (unpaired) electrons. The fraction of sp³-hybridized carbons (Fsp3) is 0.556. The summed E-state index contributed by atoms with van der Waals surface area (Å²) in [5.41, 5.74) is 0.973. The number of benzene rings is 1. The van der Waals surface area contributed by atoms with Crippen LogP contribution in [0.4, 0.5) is 0 Å². The van der Waals surface area contributed by atoms with E-state index < -0.39 is 15.8 Å². The molecule has 1 aliphatic rings. The molecule has 0 spiro atoms. The molecule has 1 unspecified atom stereocenters. The van der Waals surface area contributed by atoms with Crippen LogP contribution in [0.1, 0.15) is 25.3 Å². The van der Waals surface area contributed by atoms with Gasteiger partial charge in [0.15, 0.2) is 16.4 Å². The van der Waals surface area contributed by atoms with Crippen LogP contribution in [-0.2, 0) is 24.2 Å². The molecule has 1 atom stereocenters.